The highest BCUT2D eigenvalue weighted by molar-refractivity contribution is 7.17. The van der Waals surface area contributed by atoms with E-state index >= 15 is 0 Å². The number of aromatic amines is 1. The fourth-order valence-electron chi connectivity index (χ4n) is 1.67. The number of methoxy groups -OCH3 is 1. The highest BCUT2D eigenvalue weighted by Gasteiger charge is 2.17. The highest BCUT2D eigenvalue weighted by Crippen LogP contribution is 2.21. The molecule has 19 heavy (non-hydrogen) atoms. The van der Waals surface area contributed by atoms with Gasteiger partial charge in [0.05, 0.1) is 24.2 Å². The predicted molar refractivity (Wildman–Crippen MR) is 71.8 cm³/mol. The van der Waals surface area contributed by atoms with Crippen LogP contribution in [0.5, 0.6) is 0 Å². The Bertz CT molecular complexity index is 647. The third-order valence-corrected chi connectivity index (χ3v) is 3.40. The zero-order chi connectivity index (χ0) is 13.8. The fraction of sp³-hybridized carbons (Fsp3) is 0.417. The molecule has 0 aliphatic carbocycles. The summed E-state index contributed by atoms with van der Waals surface area (Å²) in [6.07, 6.45) is 0.522. The molecule has 0 amide bonds. The maximum atomic E-state index is 12.0. The number of aromatic nitrogens is 2. The number of hydrogen-bond donors (Lipinski definition) is 1. The summed E-state index contributed by atoms with van der Waals surface area (Å²) in [5.74, 6) is 0.0577. The van der Waals surface area contributed by atoms with Crippen molar-refractivity contribution in [3.8, 4) is 0 Å². The van der Waals surface area contributed by atoms with E-state index in [0.29, 0.717) is 29.1 Å². The second-order valence-corrected chi connectivity index (χ2v) is 4.66. The van der Waals surface area contributed by atoms with Crippen molar-refractivity contribution in [1.82, 2.24) is 9.97 Å². The van der Waals surface area contributed by atoms with Crippen LogP contribution in [-0.4, -0.2) is 36.3 Å². The van der Waals surface area contributed by atoms with Gasteiger partial charge in [0, 0.05) is 18.9 Å². The van der Waals surface area contributed by atoms with E-state index in [1.165, 1.54) is 11.3 Å². The molecule has 0 radical (unpaired) electrons. The van der Waals surface area contributed by atoms with Crippen molar-refractivity contribution >= 4 is 27.5 Å². The van der Waals surface area contributed by atoms with Crippen molar-refractivity contribution in [1.29, 1.82) is 0 Å². The molecule has 0 unspecified atom stereocenters. The quantitative estimate of drug-likeness (QED) is 0.837. The van der Waals surface area contributed by atoms with Gasteiger partial charge in [0.25, 0.3) is 5.56 Å². The van der Waals surface area contributed by atoms with Gasteiger partial charge in [0.1, 0.15) is 10.7 Å². The molecule has 0 aliphatic rings. The minimum absolute atomic E-state index is 0.271. The van der Waals surface area contributed by atoms with Gasteiger partial charge in [0.15, 0.2) is 0 Å². The van der Waals surface area contributed by atoms with E-state index in [1.54, 1.807) is 19.4 Å². The third kappa shape index (κ3) is 2.82. The maximum Gasteiger partial charge on any atom is 0.339 e. The average Bonchev–Trinajstić information content (AvgIpc) is 2.81. The van der Waals surface area contributed by atoms with E-state index in [2.05, 4.69) is 9.97 Å². The van der Waals surface area contributed by atoms with Crippen molar-refractivity contribution in [3.63, 3.8) is 0 Å². The number of H-pyrrole nitrogens is 1. The summed E-state index contributed by atoms with van der Waals surface area (Å²) in [6.45, 7) is 2.47. The first-order chi connectivity index (χ1) is 9.17. The van der Waals surface area contributed by atoms with Gasteiger partial charge >= 0.3 is 5.97 Å². The zero-order valence-electron chi connectivity index (χ0n) is 10.7. The van der Waals surface area contributed by atoms with Crippen LogP contribution in [0.4, 0.5) is 0 Å². The smallest absolute Gasteiger partial charge is 0.339 e. The summed E-state index contributed by atoms with van der Waals surface area (Å²) in [5, 5.41) is 1.90. The number of carbonyl (C=O) groups excluding carboxylic acids is 1. The van der Waals surface area contributed by atoms with Crippen LogP contribution in [0, 0.1) is 0 Å². The first kappa shape index (κ1) is 13.7. The van der Waals surface area contributed by atoms with Crippen LogP contribution in [-0.2, 0) is 15.9 Å². The SMILES string of the molecule is CCOC(=O)c1csc2nc(CCOC)[nH]c(=O)c12. The predicted octanol–water partition coefficient (Wildman–Crippen LogP) is 1.35. The van der Waals surface area contributed by atoms with Crippen LogP contribution in [0.1, 0.15) is 23.1 Å². The van der Waals surface area contributed by atoms with E-state index in [1.807, 2.05) is 0 Å². The monoisotopic (exact) mass is 282 g/mol. The summed E-state index contributed by atoms with van der Waals surface area (Å²) >= 11 is 1.26. The van der Waals surface area contributed by atoms with Crippen molar-refractivity contribution in [3.05, 3.63) is 27.1 Å². The minimum Gasteiger partial charge on any atom is -0.462 e. The first-order valence-corrected chi connectivity index (χ1v) is 6.71. The van der Waals surface area contributed by atoms with Gasteiger partial charge in [-0.1, -0.05) is 0 Å². The normalized spacial score (nSPS) is 10.8. The Morgan fingerprint density at radius 1 is 1.53 bits per heavy atom. The Morgan fingerprint density at radius 3 is 3.00 bits per heavy atom. The third-order valence-electron chi connectivity index (χ3n) is 2.53. The standard InChI is InChI=1S/C12H14N2O4S/c1-3-18-12(16)7-6-19-11-9(7)10(15)13-8(14-11)4-5-17-2/h6H,3-5H2,1-2H3,(H,13,14,15). The van der Waals surface area contributed by atoms with Crippen LogP contribution in [0.3, 0.4) is 0 Å². The fourth-order valence-corrected chi connectivity index (χ4v) is 2.60. The lowest BCUT2D eigenvalue weighted by molar-refractivity contribution is 0.0529. The van der Waals surface area contributed by atoms with Crippen molar-refractivity contribution in [2.24, 2.45) is 0 Å². The number of esters is 1. The summed E-state index contributed by atoms with van der Waals surface area (Å²) in [6, 6.07) is 0. The molecule has 2 aromatic rings. The van der Waals surface area contributed by atoms with Gasteiger partial charge in [-0.2, -0.15) is 0 Å². The first-order valence-electron chi connectivity index (χ1n) is 5.83. The number of nitrogens with one attached hydrogen (secondary N) is 1. The van der Waals surface area contributed by atoms with E-state index in [9.17, 15) is 9.59 Å². The Morgan fingerprint density at radius 2 is 2.32 bits per heavy atom. The molecule has 1 N–H and O–H groups in total. The van der Waals surface area contributed by atoms with Crippen molar-refractivity contribution < 1.29 is 14.3 Å². The number of rotatable bonds is 5. The Balaban J connectivity index is 2.44. The molecule has 7 heteroatoms. The molecule has 0 saturated carbocycles. The molecular weight excluding hydrogens is 268 g/mol. The molecule has 2 rings (SSSR count). The lowest BCUT2D eigenvalue weighted by Crippen LogP contribution is -2.15. The van der Waals surface area contributed by atoms with Gasteiger partial charge in [-0.25, -0.2) is 9.78 Å². The second-order valence-electron chi connectivity index (χ2n) is 3.81. The minimum atomic E-state index is -0.495. The molecule has 0 aliphatic heterocycles. The number of nitrogens with zero attached hydrogens (tertiary/aromatic N) is 1. The summed E-state index contributed by atoms with van der Waals surface area (Å²) in [5.41, 5.74) is -0.0469. The molecule has 0 aromatic carbocycles. The topological polar surface area (TPSA) is 81.3 Å². The Kier molecular flexibility index (Phi) is 4.28. The Labute approximate surface area is 113 Å². The average molecular weight is 282 g/mol. The molecule has 6 nitrogen and oxygen atoms in total. The molecule has 2 heterocycles. The molecule has 0 fully saturated rings. The Hall–Kier alpha value is -1.73. The van der Waals surface area contributed by atoms with E-state index < -0.39 is 5.97 Å². The summed E-state index contributed by atoms with van der Waals surface area (Å²) in [4.78, 5) is 31.2. The molecule has 0 atom stereocenters. The number of hydrogen-bond acceptors (Lipinski definition) is 6. The van der Waals surface area contributed by atoms with Crippen LogP contribution < -0.4 is 5.56 Å². The number of carbonyl (C=O) groups is 1. The number of thiophene rings is 1. The number of ether oxygens (including phenoxy) is 2. The maximum absolute atomic E-state index is 12.0. The number of fused-ring (bicyclic) bond motifs is 1. The zero-order valence-corrected chi connectivity index (χ0v) is 11.5. The van der Waals surface area contributed by atoms with Crippen LogP contribution in [0.2, 0.25) is 0 Å². The van der Waals surface area contributed by atoms with Gasteiger partial charge in [0.2, 0.25) is 0 Å². The summed E-state index contributed by atoms with van der Waals surface area (Å²) in [7, 11) is 1.58. The van der Waals surface area contributed by atoms with Crippen LogP contribution >= 0.6 is 11.3 Å². The van der Waals surface area contributed by atoms with Gasteiger partial charge in [-0.05, 0) is 6.92 Å². The highest BCUT2D eigenvalue weighted by atomic mass is 32.1. The van der Waals surface area contributed by atoms with E-state index in [0.717, 1.165) is 0 Å². The van der Waals surface area contributed by atoms with E-state index in [-0.39, 0.29) is 17.7 Å². The second kappa shape index (κ2) is 5.94. The van der Waals surface area contributed by atoms with Gasteiger partial charge < -0.3 is 14.5 Å². The van der Waals surface area contributed by atoms with Crippen LogP contribution in [0.25, 0.3) is 10.2 Å². The van der Waals surface area contributed by atoms with Gasteiger partial charge in [-0.3, -0.25) is 4.79 Å². The molecule has 0 spiro atoms. The lowest BCUT2D eigenvalue weighted by Gasteiger charge is -2.01. The molecule has 102 valence electrons. The molecule has 0 saturated heterocycles. The van der Waals surface area contributed by atoms with Crippen molar-refractivity contribution in [2.75, 3.05) is 20.3 Å². The molecule has 0 bridgehead atoms. The molecule has 2 aromatic heterocycles. The van der Waals surface area contributed by atoms with Crippen LogP contribution in [0.15, 0.2) is 10.2 Å². The summed E-state index contributed by atoms with van der Waals surface area (Å²) < 4.78 is 9.85. The molecular formula is C12H14N2O4S. The van der Waals surface area contributed by atoms with E-state index in [4.69, 9.17) is 9.47 Å². The lowest BCUT2D eigenvalue weighted by atomic mass is 10.2. The largest absolute Gasteiger partial charge is 0.462 e. The van der Waals surface area contributed by atoms with Crippen molar-refractivity contribution in [2.45, 2.75) is 13.3 Å². The van der Waals surface area contributed by atoms with Gasteiger partial charge in [-0.15, -0.1) is 11.3 Å².